The molecule has 0 amide bonds. The standard InChI is InChI=1S/C10H10ClN3/c11-9-2-1-6-7-5-12-4-3-8(7)13-10(6)14-9/h1-2,12H,3-5H2,(H,13,14). The largest absolute Gasteiger partial charge is 0.343 e. The van der Waals surface area contributed by atoms with Crippen molar-refractivity contribution in [2.75, 3.05) is 6.54 Å². The van der Waals surface area contributed by atoms with E-state index in [1.807, 2.05) is 12.1 Å². The predicted molar refractivity (Wildman–Crippen MR) is 56.5 cm³/mol. The number of nitrogens with one attached hydrogen (secondary N) is 2. The molecule has 0 atom stereocenters. The van der Waals surface area contributed by atoms with Crippen LogP contribution in [0.15, 0.2) is 12.1 Å². The van der Waals surface area contributed by atoms with E-state index in [0.717, 1.165) is 25.2 Å². The molecule has 72 valence electrons. The van der Waals surface area contributed by atoms with Gasteiger partial charge in [-0.3, -0.25) is 0 Å². The van der Waals surface area contributed by atoms with Crippen LogP contribution in [-0.4, -0.2) is 16.5 Å². The van der Waals surface area contributed by atoms with Gasteiger partial charge in [0.1, 0.15) is 10.8 Å². The molecule has 3 heterocycles. The van der Waals surface area contributed by atoms with Gasteiger partial charge in [0.2, 0.25) is 0 Å². The highest BCUT2D eigenvalue weighted by atomic mass is 35.5. The van der Waals surface area contributed by atoms with Gasteiger partial charge in [-0.15, -0.1) is 0 Å². The Morgan fingerprint density at radius 2 is 2.29 bits per heavy atom. The molecule has 2 aromatic rings. The third-order valence-corrected chi connectivity index (χ3v) is 2.88. The van der Waals surface area contributed by atoms with Gasteiger partial charge in [0.05, 0.1) is 0 Å². The molecule has 1 aliphatic heterocycles. The number of rotatable bonds is 0. The minimum Gasteiger partial charge on any atom is -0.343 e. The number of aromatic amines is 1. The van der Waals surface area contributed by atoms with Crippen LogP contribution in [0.4, 0.5) is 0 Å². The maximum absolute atomic E-state index is 5.84. The number of halogens is 1. The lowest BCUT2D eigenvalue weighted by Crippen LogP contribution is -2.22. The van der Waals surface area contributed by atoms with Crippen LogP contribution in [0, 0.1) is 0 Å². The molecule has 0 bridgehead atoms. The van der Waals surface area contributed by atoms with E-state index in [1.54, 1.807) is 0 Å². The molecular weight excluding hydrogens is 198 g/mol. The highest BCUT2D eigenvalue weighted by Gasteiger charge is 2.15. The van der Waals surface area contributed by atoms with Crippen molar-refractivity contribution in [2.45, 2.75) is 13.0 Å². The molecule has 0 radical (unpaired) electrons. The highest BCUT2D eigenvalue weighted by molar-refractivity contribution is 6.29. The second kappa shape index (κ2) is 2.97. The number of hydrogen-bond donors (Lipinski definition) is 2. The molecule has 14 heavy (non-hydrogen) atoms. The first-order valence-electron chi connectivity index (χ1n) is 4.71. The third-order valence-electron chi connectivity index (χ3n) is 2.67. The van der Waals surface area contributed by atoms with Crippen molar-refractivity contribution in [3.8, 4) is 0 Å². The summed E-state index contributed by atoms with van der Waals surface area (Å²) >= 11 is 5.84. The van der Waals surface area contributed by atoms with E-state index in [1.165, 1.54) is 16.6 Å². The number of pyridine rings is 1. The average Bonchev–Trinajstić information content (AvgIpc) is 2.54. The number of hydrogen-bond acceptors (Lipinski definition) is 2. The first-order valence-corrected chi connectivity index (χ1v) is 5.09. The Kier molecular flexibility index (Phi) is 1.75. The highest BCUT2D eigenvalue weighted by Crippen LogP contribution is 2.24. The lowest BCUT2D eigenvalue weighted by molar-refractivity contribution is 0.640. The van der Waals surface area contributed by atoms with E-state index in [4.69, 9.17) is 11.6 Å². The second-order valence-corrected chi connectivity index (χ2v) is 3.93. The number of fused-ring (bicyclic) bond motifs is 3. The average molecular weight is 208 g/mol. The number of H-pyrrole nitrogens is 1. The summed E-state index contributed by atoms with van der Waals surface area (Å²) in [5.41, 5.74) is 3.55. The zero-order valence-electron chi connectivity index (χ0n) is 7.60. The fourth-order valence-electron chi connectivity index (χ4n) is 2.00. The normalized spacial score (nSPS) is 15.8. The summed E-state index contributed by atoms with van der Waals surface area (Å²) in [5.74, 6) is 0. The fourth-order valence-corrected chi connectivity index (χ4v) is 2.14. The van der Waals surface area contributed by atoms with Gasteiger partial charge in [0, 0.05) is 30.6 Å². The van der Waals surface area contributed by atoms with Gasteiger partial charge in [-0.2, -0.15) is 0 Å². The number of aromatic nitrogens is 2. The molecule has 0 aromatic carbocycles. The second-order valence-electron chi connectivity index (χ2n) is 3.54. The molecule has 4 heteroatoms. The predicted octanol–water partition coefficient (Wildman–Crippen LogP) is 1.86. The van der Waals surface area contributed by atoms with E-state index in [2.05, 4.69) is 15.3 Å². The van der Waals surface area contributed by atoms with Crippen molar-refractivity contribution in [1.29, 1.82) is 0 Å². The van der Waals surface area contributed by atoms with Crippen molar-refractivity contribution < 1.29 is 0 Å². The minimum atomic E-state index is 0.545. The van der Waals surface area contributed by atoms with Gasteiger partial charge in [0.15, 0.2) is 0 Å². The van der Waals surface area contributed by atoms with Crippen molar-refractivity contribution in [1.82, 2.24) is 15.3 Å². The van der Waals surface area contributed by atoms with E-state index < -0.39 is 0 Å². The molecule has 2 N–H and O–H groups in total. The molecule has 1 aliphatic rings. The molecule has 0 spiro atoms. The first kappa shape index (κ1) is 8.26. The van der Waals surface area contributed by atoms with Crippen molar-refractivity contribution >= 4 is 22.6 Å². The summed E-state index contributed by atoms with van der Waals surface area (Å²) in [6, 6.07) is 3.87. The van der Waals surface area contributed by atoms with Crippen molar-refractivity contribution in [3.05, 3.63) is 28.5 Å². The van der Waals surface area contributed by atoms with Crippen LogP contribution >= 0.6 is 11.6 Å². The summed E-state index contributed by atoms with van der Waals surface area (Å²) in [4.78, 5) is 7.58. The van der Waals surface area contributed by atoms with Crippen LogP contribution in [0.1, 0.15) is 11.3 Å². The van der Waals surface area contributed by atoms with Crippen LogP contribution in [0.3, 0.4) is 0 Å². The minimum absolute atomic E-state index is 0.545. The van der Waals surface area contributed by atoms with E-state index >= 15 is 0 Å². The molecule has 0 aliphatic carbocycles. The van der Waals surface area contributed by atoms with E-state index in [0.29, 0.717) is 5.15 Å². The van der Waals surface area contributed by atoms with Crippen molar-refractivity contribution in [3.63, 3.8) is 0 Å². The van der Waals surface area contributed by atoms with Crippen LogP contribution in [0.5, 0.6) is 0 Å². The van der Waals surface area contributed by atoms with Crippen LogP contribution in [-0.2, 0) is 13.0 Å². The third kappa shape index (κ3) is 1.13. The molecule has 0 unspecified atom stereocenters. The Bertz CT molecular complexity index is 489. The smallest absolute Gasteiger partial charge is 0.139 e. The zero-order chi connectivity index (χ0) is 9.54. The van der Waals surface area contributed by atoms with Gasteiger partial charge in [-0.1, -0.05) is 11.6 Å². The molecule has 3 rings (SSSR count). The SMILES string of the molecule is Clc1ccc2c3c([nH]c2n1)CCNC3. The summed E-state index contributed by atoms with van der Waals surface area (Å²) < 4.78 is 0. The molecule has 0 saturated heterocycles. The van der Waals surface area contributed by atoms with Crippen LogP contribution < -0.4 is 5.32 Å². The quantitative estimate of drug-likeness (QED) is 0.648. The molecule has 0 fully saturated rings. The van der Waals surface area contributed by atoms with E-state index in [-0.39, 0.29) is 0 Å². The monoisotopic (exact) mass is 207 g/mol. The first-order chi connectivity index (χ1) is 6.84. The summed E-state index contributed by atoms with van der Waals surface area (Å²) in [5, 5.41) is 5.09. The Morgan fingerprint density at radius 1 is 1.36 bits per heavy atom. The fraction of sp³-hybridized carbons (Fsp3) is 0.300. The summed E-state index contributed by atoms with van der Waals surface area (Å²) in [7, 11) is 0. The van der Waals surface area contributed by atoms with Crippen LogP contribution in [0.2, 0.25) is 5.15 Å². The van der Waals surface area contributed by atoms with Gasteiger partial charge in [0.25, 0.3) is 0 Å². The molecular formula is C10H10ClN3. The Hall–Kier alpha value is -1.06. The van der Waals surface area contributed by atoms with Gasteiger partial charge >= 0.3 is 0 Å². The Labute approximate surface area is 86.5 Å². The van der Waals surface area contributed by atoms with E-state index in [9.17, 15) is 0 Å². The molecule has 0 saturated carbocycles. The lowest BCUT2D eigenvalue weighted by atomic mass is 10.1. The van der Waals surface area contributed by atoms with Crippen molar-refractivity contribution in [2.24, 2.45) is 0 Å². The van der Waals surface area contributed by atoms with Gasteiger partial charge in [-0.05, 0) is 17.7 Å². The lowest BCUT2D eigenvalue weighted by Gasteiger charge is -2.12. The maximum Gasteiger partial charge on any atom is 0.139 e. The zero-order valence-corrected chi connectivity index (χ0v) is 8.36. The number of nitrogens with zero attached hydrogens (tertiary/aromatic N) is 1. The molecule has 2 aromatic heterocycles. The molecule has 3 nitrogen and oxygen atoms in total. The summed E-state index contributed by atoms with van der Waals surface area (Å²) in [6.07, 6.45) is 1.04. The Morgan fingerprint density at radius 3 is 3.21 bits per heavy atom. The van der Waals surface area contributed by atoms with Gasteiger partial charge < -0.3 is 10.3 Å². The van der Waals surface area contributed by atoms with Gasteiger partial charge in [-0.25, -0.2) is 4.98 Å². The summed E-state index contributed by atoms with van der Waals surface area (Å²) in [6.45, 7) is 1.96. The van der Waals surface area contributed by atoms with Crippen LogP contribution in [0.25, 0.3) is 11.0 Å². The maximum atomic E-state index is 5.84. The Balaban J connectivity index is 2.31. The topological polar surface area (TPSA) is 40.7 Å².